The van der Waals surface area contributed by atoms with E-state index < -0.39 is 66.5 Å². The number of rotatable bonds is 6. The highest BCUT2D eigenvalue weighted by Crippen LogP contribution is 2.33. The van der Waals surface area contributed by atoms with Gasteiger partial charge in [-0.3, -0.25) is 9.59 Å². The summed E-state index contributed by atoms with van der Waals surface area (Å²) < 4.78 is 5.05. The predicted molar refractivity (Wildman–Crippen MR) is 72.1 cm³/mol. The minimum atomic E-state index is -2.99. The molecule has 134 valence electrons. The second-order valence-electron chi connectivity index (χ2n) is 5.66. The molecule has 0 amide bonds. The van der Waals surface area contributed by atoms with Crippen LogP contribution < -0.4 is 0 Å². The lowest BCUT2D eigenvalue weighted by atomic mass is 9.76. The van der Waals surface area contributed by atoms with Crippen molar-refractivity contribution in [2.45, 2.75) is 62.2 Å². The summed E-state index contributed by atoms with van der Waals surface area (Å²) in [5, 5.41) is 69.0. The number of Topliss-reactive ketones (excluding diaryl/α,β-unsaturated/α-hetero) is 2. The summed E-state index contributed by atoms with van der Waals surface area (Å²) in [6.45, 7) is 0.906. The Morgan fingerprint density at radius 3 is 1.78 bits per heavy atom. The van der Waals surface area contributed by atoms with Gasteiger partial charge in [0, 0.05) is 0 Å². The monoisotopic (exact) mass is 338 g/mol. The van der Waals surface area contributed by atoms with E-state index in [4.69, 9.17) is 9.84 Å². The van der Waals surface area contributed by atoms with Crippen molar-refractivity contribution in [3.63, 3.8) is 0 Å². The zero-order valence-electron chi connectivity index (χ0n) is 12.6. The Morgan fingerprint density at radius 1 is 1.00 bits per heavy atom. The van der Waals surface area contributed by atoms with Gasteiger partial charge >= 0.3 is 0 Å². The summed E-state index contributed by atoms with van der Waals surface area (Å²) >= 11 is 0. The lowest BCUT2D eigenvalue weighted by Gasteiger charge is -2.48. The van der Waals surface area contributed by atoms with Crippen molar-refractivity contribution in [1.29, 1.82) is 0 Å². The Hall–Kier alpha value is -0.980. The van der Waals surface area contributed by atoms with E-state index in [-0.39, 0.29) is 0 Å². The fourth-order valence-electron chi connectivity index (χ4n) is 2.60. The second-order valence-corrected chi connectivity index (χ2v) is 5.66. The number of ketones is 2. The van der Waals surface area contributed by atoms with Gasteiger partial charge in [0.15, 0.2) is 17.2 Å². The molecule has 7 N–H and O–H groups in total. The van der Waals surface area contributed by atoms with Gasteiger partial charge in [-0.2, -0.15) is 0 Å². The van der Waals surface area contributed by atoms with Crippen LogP contribution in [0.5, 0.6) is 0 Å². The largest absolute Gasteiger partial charge is 0.394 e. The van der Waals surface area contributed by atoms with Gasteiger partial charge in [0.25, 0.3) is 0 Å². The maximum Gasteiger partial charge on any atom is 0.161 e. The van der Waals surface area contributed by atoms with E-state index in [0.29, 0.717) is 0 Å². The van der Waals surface area contributed by atoms with Gasteiger partial charge in [0.1, 0.15) is 42.7 Å². The van der Waals surface area contributed by atoms with Crippen molar-refractivity contribution >= 4 is 11.6 Å². The summed E-state index contributed by atoms with van der Waals surface area (Å²) in [6.07, 6.45) is -13.9. The van der Waals surface area contributed by atoms with Crippen LogP contribution in [0.2, 0.25) is 0 Å². The van der Waals surface area contributed by atoms with Crippen LogP contribution in [0.1, 0.15) is 13.8 Å². The number of aliphatic hydroxyl groups is 7. The van der Waals surface area contributed by atoms with Gasteiger partial charge in [-0.05, 0) is 13.8 Å². The Morgan fingerprint density at radius 2 is 1.43 bits per heavy atom. The fourth-order valence-corrected chi connectivity index (χ4v) is 2.60. The number of hydrogen-bond donors (Lipinski definition) is 7. The van der Waals surface area contributed by atoms with E-state index in [1.807, 2.05) is 0 Å². The number of carbonyl (C=O) groups is 2. The van der Waals surface area contributed by atoms with Crippen LogP contribution in [-0.4, -0.2) is 102 Å². The quantitative estimate of drug-likeness (QED) is 0.249. The van der Waals surface area contributed by atoms with Gasteiger partial charge in [0.2, 0.25) is 0 Å². The summed E-state index contributed by atoms with van der Waals surface area (Å²) in [5.74, 6) is -2.07. The molecule has 0 aromatic heterocycles. The number of hydrogen-bond acceptors (Lipinski definition) is 10. The van der Waals surface area contributed by atoms with Crippen LogP contribution in [0.3, 0.4) is 0 Å². The molecule has 23 heavy (non-hydrogen) atoms. The van der Waals surface area contributed by atoms with E-state index >= 15 is 0 Å². The number of aliphatic hydroxyl groups excluding tert-OH is 6. The Bertz CT molecular complexity index is 430. The normalized spacial score (nSPS) is 36.8. The predicted octanol–water partition coefficient (Wildman–Crippen LogP) is -4.54. The SMILES string of the molecule is CC(=O)C(O)C(O)(C(O)C(C)=O)C1O[C@H](CO)[C@@H](O)[C@H](O)[C@H]1O. The average molecular weight is 338 g/mol. The molecule has 0 radical (unpaired) electrons. The molecule has 1 aliphatic rings. The minimum absolute atomic E-state index is 0.830. The zero-order valence-corrected chi connectivity index (χ0v) is 12.6. The van der Waals surface area contributed by atoms with E-state index in [9.17, 15) is 40.2 Å². The first-order chi connectivity index (χ1) is 10.5. The minimum Gasteiger partial charge on any atom is -0.394 e. The van der Waals surface area contributed by atoms with Crippen molar-refractivity contribution in [2.75, 3.05) is 6.61 Å². The summed E-state index contributed by atoms with van der Waals surface area (Å²) in [5.41, 5.74) is -2.99. The molecule has 7 atom stereocenters. The molecule has 3 unspecified atom stereocenters. The third kappa shape index (κ3) is 3.44. The molecule has 10 nitrogen and oxygen atoms in total. The molecule has 0 spiro atoms. The van der Waals surface area contributed by atoms with Crippen LogP contribution in [0.15, 0.2) is 0 Å². The first-order valence-electron chi connectivity index (χ1n) is 6.90. The van der Waals surface area contributed by atoms with Gasteiger partial charge in [-0.1, -0.05) is 0 Å². The molecular weight excluding hydrogens is 316 g/mol. The van der Waals surface area contributed by atoms with Crippen molar-refractivity contribution in [3.8, 4) is 0 Å². The van der Waals surface area contributed by atoms with Crippen LogP contribution in [0.25, 0.3) is 0 Å². The fraction of sp³-hybridized carbons (Fsp3) is 0.846. The molecule has 0 aliphatic carbocycles. The van der Waals surface area contributed by atoms with Gasteiger partial charge < -0.3 is 40.5 Å². The summed E-state index contributed by atoms with van der Waals surface area (Å²) in [4.78, 5) is 22.9. The van der Waals surface area contributed by atoms with E-state index in [0.717, 1.165) is 13.8 Å². The van der Waals surface area contributed by atoms with Gasteiger partial charge in [0.05, 0.1) is 6.61 Å². The van der Waals surface area contributed by atoms with Crippen molar-refractivity contribution in [2.24, 2.45) is 0 Å². The lowest BCUT2D eigenvalue weighted by molar-refractivity contribution is -0.295. The Balaban J connectivity index is 3.35. The molecule has 1 aliphatic heterocycles. The Kier molecular flexibility index (Phi) is 6.35. The maximum atomic E-state index is 11.4. The highest BCUT2D eigenvalue weighted by Gasteiger charge is 2.60. The zero-order chi connectivity index (χ0) is 18.1. The molecule has 10 heteroatoms. The van der Waals surface area contributed by atoms with Crippen molar-refractivity contribution in [3.05, 3.63) is 0 Å². The summed E-state index contributed by atoms with van der Waals surface area (Å²) in [6, 6.07) is 0. The van der Waals surface area contributed by atoms with E-state index in [1.54, 1.807) is 0 Å². The smallest absolute Gasteiger partial charge is 0.161 e. The van der Waals surface area contributed by atoms with E-state index in [2.05, 4.69) is 0 Å². The molecule has 0 aromatic carbocycles. The van der Waals surface area contributed by atoms with E-state index in [1.165, 1.54) is 0 Å². The van der Waals surface area contributed by atoms with Crippen LogP contribution in [-0.2, 0) is 14.3 Å². The first-order valence-corrected chi connectivity index (χ1v) is 6.90. The Labute approximate surface area is 131 Å². The number of carbonyl (C=O) groups excluding carboxylic acids is 2. The van der Waals surface area contributed by atoms with Crippen LogP contribution in [0, 0.1) is 0 Å². The molecule has 0 aromatic rings. The standard InChI is InChI=1S/C13H22O10/c1-4(15)10(20)13(22,11(21)5(2)16)12-9(19)8(18)7(17)6(3-14)23-12/h6-12,14,17-22H,3H2,1-2H3/t6-,7-,8+,9-,10?,11?,12?,13?/m1/s1. The highest BCUT2D eigenvalue weighted by atomic mass is 16.6. The number of ether oxygens (including phenoxy) is 1. The molecular formula is C13H22O10. The van der Waals surface area contributed by atoms with Crippen LogP contribution in [0.4, 0.5) is 0 Å². The lowest BCUT2D eigenvalue weighted by Crippen LogP contribution is -2.73. The van der Waals surface area contributed by atoms with Gasteiger partial charge in [-0.25, -0.2) is 0 Å². The third-order valence-corrected chi connectivity index (χ3v) is 3.99. The molecule has 1 fully saturated rings. The molecule has 0 bridgehead atoms. The molecule has 1 heterocycles. The molecule has 1 rings (SSSR count). The second kappa shape index (κ2) is 7.28. The van der Waals surface area contributed by atoms with Gasteiger partial charge in [-0.15, -0.1) is 0 Å². The summed E-state index contributed by atoms with van der Waals surface area (Å²) in [7, 11) is 0. The van der Waals surface area contributed by atoms with Crippen molar-refractivity contribution in [1.82, 2.24) is 0 Å². The maximum absolute atomic E-state index is 11.4. The third-order valence-electron chi connectivity index (χ3n) is 3.99. The first kappa shape index (κ1) is 20.1. The van der Waals surface area contributed by atoms with Crippen LogP contribution >= 0.6 is 0 Å². The average Bonchev–Trinajstić information content (AvgIpc) is 2.50. The molecule has 0 saturated carbocycles. The van der Waals surface area contributed by atoms with Crippen molar-refractivity contribution < 1.29 is 50.1 Å². The topological polar surface area (TPSA) is 185 Å². The highest BCUT2D eigenvalue weighted by molar-refractivity contribution is 5.86. The molecule has 1 saturated heterocycles.